The van der Waals surface area contributed by atoms with Crippen LogP contribution in [0.15, 0.2) is 42.5 Å². The van der Waals surface area contributed by atoms with Crippen molar-refractivity contribution in [3.05, 3.63) is 48.0 Å². The topological polar surface area (TPSA) is 49.0 Å². The van der Waals surface area contributed by atoms with E-state index in [9.17, 15) is 0 Å². The standard InChI is InChI=1S/C24H33NO4/c1-18(2)28-24-11-7-6-10-23(24)27-15-14-25-17-19-16-21(12-13-22(19)26-3)29-20-8-4-5-9-20/h6-7,10-13,16,18,20,25H,4-5,8-9,14-15,17H2,1-3H3. The first kappa shape index (κ1) is 21.3. The molecule has 2 aromatic rings. The third-order valence-corrected chi connectivity index (χ3v) is 4.92. The van der Waals surface area contributed by atoms with Gasteiger partial charge in [-0.25, -0.2) is 0 Å². The molecule has 0 heterocycles. The molecule has 3 rings (SSSR count). The van der Waals surface area contributed by atoms with Gasteiger partial charge in [-0.1, -0.05) is 12.1 Å². The van der Waals surface area contributed by atoms with Crippen LogP contribution < -0.4 is 24.3 Å². The first-order chi connectivity index (χ1) is 14.2. The first-order valence-electron chi connectivity index (χ1n) is 10.6. The number of methoxy groups -OCH3 is 1. The summed E-state index contributed by atoms with van der Waals surface area (Å²) in [5.74, 6) is 3.34. The molecule has 1 saturated carbocycles. The molecule has 0 aromatic heterocycles. The van der Waals surface area contributed by atoms with Gasteiger partial charge in [-0.05, 0) is 69.9 Å². The Balaban J connectivity index is 1.48. The molecule has 5 nitrogen and oxygen atoms in total. The van der Waals surface area contributed by atoms with Crippen LogP contribution in [0.25, 0.3) is 0 Å². The maximum absolute atomic E-state index is 6.12. The number of ether oxygens (including phenoxy) is 4. The van der Waals surface area contributed by atoms with Crippen molar-refractivity contribution in [2.45, 2.75) is 58.3 Å². The second-order valence-electron chi connectivity index (χ2n) is 7.64. The van der Waals surface area contributed by atoms with Gasteiger partial charge in [-0.15, -0.1) is 0 Å². The average molecular weight is 400 g/mol. The molecule has 0 saturated heterocycles. The van der Waals surface area contributed by atoms with Crippen molar-refractivity contribution in [2.75, 3.05) is 20.3 Å². The predicted molar refractivity (Wildman–Crippen MR) is 115 cm³/mol. The van der Waals surface area contributed by atoms with Gasteiger partial charge in [-0.3, -0.25) is 0 Å². The van der Waals surface area contributed by atoms with Crippen molar-refractivity contribution >= 4 is 0 Å². The molecule has 0 amide bonds. The highest BCUT2D eigenvalue weighted by atomic mass is 16.5. The average Bonchev–Trinajstić information content (AvgIpc) is 3.22. The molecule has 0 unspecified atom stereocenters. The van der Waals surface area contributed by atoms with Crippen LogP contribution in [0, 0.1) is 0 Å². The van der Waals surface area contributed by atoms with Gasteiger partial charge in [0.15, 0.2) is 11.5 Å². The molecular weight excluding hydrogens is 366 g/mol. The van der Waals surface area contributed by atoms with Crippen LogP contribution in [0.3, 0.4) is 0 Å². The molecule has 0 radical (unpaired) electrons. The van der Waals surface area contributed by atoms with E-state index in [1.54, 1.807) is 7.11 Å². The summed E-state index contributed by atoms with van der Waals surface area (Å²) >= 11 is 0. The van der Waals surface area contributed by atoms with Gasteiger partial charge in [0.05, 0.1) is 19.3 Å². The van der Waals surface area contributed by atoms with Gasteiger partial charge in [-0.2, -0.15) is 0 Å². The van der Waals surface area contributed by atoms with E-state index in [1.165, 1.54) is 12.8 Å². The fraction of sp³-hybridized carbons (Fsp3) is 0.500. The lowest BCUT2D eigenvalue weighted by atomic mass is 10.2. The van der Waals surface area contributed by atoms with Crippen LogP contribution in [0.5, 0.6) is 23.0 Å². The van der Waals surface area contributed by atoms with Gasteiger partial charge in [0.25, 0.3) is 0 Å². The zero-order valence-electron chi connectivity index (χ0n) is 17.8. The summed E-state index contributed by atoms with van der Waals surface area (Å²) in [5, 5.41) is 3.43. The SMILES string of the molecule is COc1ccc(OC2CCCC2)cc1CNCCOc1ccccc1OC(C)C. The highest BCUT2D eigenvalue weighted by Crippen LogP contribution is 2.29. The second-order valence-corrected chi connectivity index (χ2v) is 7.64. The van der Waals surface area contributed by atoms with Crippen molar-refractivity contribution in [3.63, 3.8) is 0 Å². The number of hydrogen-bond donors (Lipinski definition) is 1. The maximum Gasteiger partial charge on any atom is 0.161 e. The normalized spacial score (nSPS) is 14.2. The quantitative estimate of drug-likeness (QED) is 0.541. The van der Waals surface area contributed by atoms with Crippen LogP contribution >= 0.6 is 0 Å². The third-order valence-electron chi connectivity index (χ3n) is 4.92. The van der Waals surface area contributed by atoms with Gasteiger partial charge in [0.2, 0.25) is 0 Å². The maximum atomic E-state index is 6.12. The number of para-hydroxylation sites is 2. The van der Waals surface area contributed by atoms with Gasteiger partial charge >= 0.3 is 0 Å². The van der Waals surface area contributed by atoms with Crippen molar-refractivity contribution in [2.24, 2.45) is 0 Å². The van der Waals surface area contributed by atoms with E-state index in [0.717, 1.165) is 41.4 Å². The van der Waals surface area contributed by atoms with Crippen LogP contribution in [-0.2, 0) is 6.54 Å². The minimum atomic E-state index is 0.115. The van der Waals surface area contributed by atoms with E-state index in [1.807, 2.05) is 50.2 Å². The van der Waals surface area contributed by atoms with Crippen molar-refractivity contribution in [3.8, 4) is 23.0 Å². The Morgan fingerprint density at radius 3 is 2.48 bits per heavy atom. The summed E-state index contributed by atoms with van der Waals surface area (Å²) in [4.78, 5) is 0. The zero-order valence-corrected chi connectivity index (χ0v) is 17.8. The Morgan fingerprint density at radius 2 is 1.76 bits per heavy atom. The Kier molecular flexibility index (Phi) is 8.05. The van der Waals surface area contributed by atoms with E-state index in [4.69, 9.17) is 18.9 Å². The predicted octanol–water partition coefficient (Wildman–Crippen LogP) is 4.97. The molecule has 0 spiro atoms. The third kappa shape index (κ3) is 6.57. The second kappa shape index (κ2) is 11.0. The summed E-state index contributed by atoms with van der Waals surface area (Å²) in [6.07, 6.45) is 5.30. The fourth-order valence-electron chi connectivity index (χ4n) is 3.54. The molecule has 1 fully saturated rings. The summed E-state index contributed by atoms with van der Waals surface area (Å²) in [6.45, 7) is 5.98. The van der Waals surface area contributed by atoms with Crippen molar-refractivity contribution < 1.29 is 18.9 Å². The smallest absolute Gasteiger partial charge is 0.161 e. The molecule has 2 aromatic carbocycles. The summed E-state index contributed by atoms with van der Waals surface area (Å²) in [7, 11) is 1.70. The van der Waals surface area contributed by atoms with Gasteiger partial charge in [0, 0.05) is 18.7 Å². The highest BCUT2D eigenvalue weighted by Gasteiger charge is 2.17. The van der Waals surface area contributed by atoms with E-state index in [-0.39, 0.29) is 6.10 Å². The van der Waals surface area contributed by atoms with Gasteiger partial charge < -0.3 is 24.3 Å². The van der Waals surface area contributed by atoms with E-state index >= 15 is 0 Å². The monoisotopic (exact) mass is 399 g/mol. The lowest BCUT2D eigenvalue weighted by Gasteiger charge is -2.17. The molecule has 1 N–H and O–H groups in total. The Labute approximate surface area is 174 Å². The molecular formula is C24H33NO4. The largest absolute Gasteiger partial charge is 0.496 e. The van der Waals surface area contributed by atoms with Crippen LogP contribution in [-0.4, -0.2) is 32.5 Å². The summed E-state index contributed by atoms with van der Waals surface area (Å²) in [5.41, 5.74) is 1.09. The lowest BCUT2D eigenvalue weighted by molar-refractivity contribution is 0.209. The Hall–Kier alpha value is -2.40. The van der Waals surface area contributed by atoms with E-state index in [0.29, 0.717) is 25.8 Å². The minimum Gasteiger partial charge on any atom is -0.496 e. The Morgan fingerprint density at radius 1 is 1.00 bits per heavy atom. The van der Waals surface area contributed by atoms with E-state index in [2.05, 4.69) is 11.4 Å². The molecule has 158 valence electrons. The van der Waals surface area contributed by atoms with E-state index < -0.39 is 0 Å². The molecule has 0 bridgehead atoms. The summed E-state index contributed by atoms with van der Waals surface area (Å²) < 4.78 is 23.3. The molecule has 1 aliphatic carbocycles. The van der Waals surface area contributed by atoms with Crippen LogP contribution in [0.4, 0.5) is 0 Å². The van der Waals surface area contributed by atoms with Crippen molar-refractivity contribution in [1.82, 2.24) is 5.32 Å². The van der Waals surface area contributed by atoms with Gasteiger partial charge in [0.1, 0.15) is 18.1 Å². The zero-order chi connectivity index (χ0) is 20.5. The number of nitrogens with one attached hydrogen (secondary N) is 1. The molecule has 0 atom stereocenters. The molecule has 29 heavy (non-hydrogen) atoms. The highest BCUT2D eigenvalue weighted by molar-refractivity contribution is 5.41. The number of hydrogen-bond acceptors (Lipinski definition) is 5. The van der Waals surface area contributed by atoms with Crippen LogP contribution in [0.1, 0.15) is 45.1 Å². The first-order valence-corrected chi connectivity index (χ1v) is 10.6. The number of benzene rings is 2. The van der Waals surface area contributed by atoms with Crippen LogP contribution in [0.2, 0.25) is 0 Å². The molecule has 0 aliphatic heterocycles. The summed E-state index contributed by atoms with van der Waals surface area (Å²) in [6, 6.07) is 13.8. The fourth-order valence-corrected chi connectivity index (χ4v) is 3.54. The number of rotatable bonds is 11. The lowest BCUT2D eigenvalue weighted by Crippen LogP contribution is -2.21. The Bertz CT molecular complexity index is 756. The molecule has 5 heteroatoms. The minimum absolute atomic E-state index is 0.115. The molecule has 1 aliphatic rings. The van der Waals surface area contributed by atoms with Crippen molar-refractivity contribution in [1.29, 1.82) is 0 Å².